The molecule has 0 N–H and O–H groups in total. The molecular weight excluding hydrogens is 370 g/mol. The van der Waals surface area contributed by atoms with Crippen molar-refractivity contribution in [3.05, 3.63) is 35.9 Å². The zero-order valence-electron chi connectivity index (χ0n) is 16.6. The van der Waals surface area contributed by atoms with Crippen molar-refractivity contribution in [2.75, 3.05) is 12.9 Å². The maximum atomic E-state index is 12.6. The Morgan fingerprint density at radius 1 is 1.26 bits per heavy atom. The molecule has 1 aromatic rings. The molecule has 0 aliphatic carbocycles. The number of nitrogens with zero attached hydrogens (tertiary/aromatic N) is 1. The number of ether oxygens (including phenoxy) is 2. The molecule has 0 radical (unpaired) electrons. The molecular formula is C19H27NO6S. The van der Waals surface area contributed by atoms with Gasteiger partial charge in [-0.25, -0.2) is 4.79 Å². The number of rotatable bonds is 4. The Balaban J connectivity index is 2.13. The van der Waals surface area contributed by atoms with Crippen molar-refractivity contribution in [1.29, 1.82) is 0 Å². The van der Waals surface area contributed by atoms with Crippen molar-refractivity contribution < 1.29 is 26.9 Å². The maximum absolute atomic E-state index is 12.6. The van der Waals surface area contributed by atoms with Crippen LogP contribution in [0.4, 0.5) is 4.79 Å². The number of amides is 1. The summed E-state index contributed by atoms with van der Waals surface area (Å²) in [4.78, 5) is 14.2. The number of hydrogen-bond acceptors (Lipinski definition) is 6. The third-order valence-electron chi connectivity index (χ3n) is 3.75. The minimum Gasteiger partial charge on any atom is -0.444 e. The lowest BCUT2D eigenvalue weighted by Crippen LogP contribution is -2.49. The van der Waals surface area contributed by atoms with Crippen LogP contribution in [-0.2, 0) is 19.6 Å². The fraction of sp³-hybridized carbons (Fsp3) is 0.526. The molecule has 0 aromatic heterocycles. The highest BCUT2D eigenvalue weighted by atomic mass is 32.2. The normalized spacial score (nSPS) is 20.1. The molecule has 1 amide bonds. The van der Waals surface area contributed by atoms with Gasteiger partial charge in [0.15, 0.2) is 0 Å². The van der Waals surface area contributed by atoms with E-state index in [1.54, 1.807) is 29.2 Å². The van der Waals surface area contributed by atoms with Crippen LogP contribution in [-0.4, -0.2) is 49.6 Å². The molecule has 2 rings (SSSR count). The fourth-order valence-electron chi connectivity index (χ4n) is 2.67. The number of benzene rings is 1. The van der Waals surface area contributed by atoms with Crippen molar-refractivity contribution >= 4 is 22.3 Å². The summed E-state index contributed by atoms with van der Waals surface area (Å²) in [5.74, 6) is 0.246. The van der Waals surface area contributed by atoms with E-state index >= 15 is 0 Å². The summed E-state index contributed by atoms with van der Waals surface area (Å²) in [5, 5.41) is 0. The van der Waals surface area contributed by atoms with Crippen molar-refractivity contribution in [2.45, 2.75) is 52.0 Å². The largest absolute Gasteiger partial charge is 0.444 e. The maximum Gasteiger partial charge on any atom is 0.413 e. The summed E-state index contributed by atoms with van der Waals surface area (Å²) in [5.41, 5.74) is -0.533. The lowest BCUT2D eigenvalue weighted by atomic mass is 10.1. The van der Waals surface area contributed by atoms with Gasteiger partial charge in [0.05, 0.1) is 18.9 Å². The van der Waals surface area contributed by atoms with Gasteiger partial charge < -0.3 is 13.7 Å². The Hall–Kier alpha value is -2.06. The first-order valence-electron chi connectivity index (χ1n) is 8.61. The Morgan fingerprint density at radius 3 is 2.37 bits per heavy atom. The first kappa shape index (κ1) is 21.2. The van der Waals surface area contributed by atoms with Gasteiger partial charge in [0, 0.05) is 0 Å². The van der Waals surface area contributed by atoms with Crippen LogP contribution in [0.25, 0.3) is 6.08 Å². The Labute approximate surface area is 161 Å². The summed E-state index contributed by atoms with van der Waals surface area (Å²) in [6, 6.07) is 6.33. The van der Waals surface area contributed by atoms with E-state index in [-0.39, 0.29) is 11.8 Å². The van der Waals surface area contributed by atoms with Crippen LogP contribution in [0.5, 0.6) is 5.75 Å². The molecule has 8 heteroatoms. The minimum absolute atomic E-state index is 0.246. The van der Waals surface area contributed by atoms with E-state index in [0.717, 1.165) is 11.8 Å². The number of carbonyl (C=O) groups excluding carboxylic acids is 1. The van der Waals surface area contributed by atoms with Gasteiger partial charge in [-0.3, -0.25) is 4.90 Å². The quantitative estimate of drug-likeness (QED) is 0.724. The Kier molecular flexibility index (Phi) is 5.91. The van der Waals surface area contributed by atoms with Gasteiger partial charge in [0.25, 0.3) is 0 Å². The molecule has 7 nitrogen and oxygen atoms in total. The van der Waals surface area contributed by atoms with Crippen molar-refractivity contribution in [3.8, 4) is 5.75 Å². The minimum atomic E-state index is -3.55. The highest BCUT2D eigenvalue weighted by Gasteiger charge is 2.44. The zero-order chi connectivity index (χ0) is 20.5. The number of carbonyl (C=O) groups is 1. The Morgan fingerprint density at radius 2 is 1.85 bits per heavy atom. The van der Waals surface area contributed by atoms with Gasteiger partial charge >= 0.3 is 16.2 Å². The summed E-state index contributed by atoms with van der Waals surface area (Å²) in [6.07, 6.45) is 4.27. The van der Waals surface area contributed by atoms with Gasteiger partial charge in [0.1, 0.15) is 17.1 Å². The van der Waals surface area contributed by atoms with E-state index in [9.17, 15) is 13.2 Å². The van der Waals surface area contributed by atoms with Crippen LogP contribution in [0.2, 0.25) is 0 Å². The van der Waals surface area contributed by atoms with E-state index in [1.165, 1.54) is 0 Å². The van der Waals surface area contributed by atoms with Gasteiger partial charge in [0.2, 0.25) is 0 Å². The highest BCUT2D eigenvalue weighted by molar-refractivity contribution is 7.86. The van der Waals surface area contributed by atoms with Gasteiger partial charge in [-0.1, -0.05) is 24.3 Å². The average molecular weight is 397 g/mol. The molecule has 1 saturated heterocycles. The predicted molar refractivity (Wildman–Crippen MR) is 103 cm³/mol. The molecule has 0 unspecified atom stereocenters. The second-order valence-electron chi connectivity index (χ2n) is 7.89. The third kappa shape index (κ3) is 6.25. The van der Waals surface area contributed by atoms with E-state index in [4.69, 9.17) is 13.7 Å². The van der Waals surface area contributed by atoms with E-state index in [2.05, 4.69) is 0 Å². The average Bonchev–Trinajstić information content (AvgIpc) is 2.78. The monoisotopic (exact) mass is 397 g/mol. The molecule has 1 aromatic carbocycles. The van der Waals surface area contributed by atoms with E-state index in [0.29, 0.717) is 6.61 Å². The molecule has 1 heterocycles. The molecule has 150 valence electrons. The Bertz CT molecular complexity index is 806. The molecule has 1 aliphatic heterocycles. The van der Waals surface area contributed by atoms with E-state index in [1.807, 2.05) is 46.8 Å². The lowest BCUT2D eigenvalue weighted by Gasteiger charge is -2.34. The second kappa shape index (κ2) is 7.52. The molecule has 0 saturated carbocycles. The van der Waals surface area contributed by atoms with Gasteiger partial charge in [-0.15, -0.1) is 0 Å². The summed E-state index contributed by atoms with van der Waals surface area (Å²) < 4.78 is 38.4. The van der Waals surface area contributed by atoms with Crippen LogP contribution in [0, 0.1) is 0 Å². The first-order valence-corrected chi connectivity index (χ1v) is 10.4. The standard InChI is InChI=1S/C19H27NO6S/c1-18(2,3)25-17(21)20-15(13-24-19(20,4)5)10-7-14-8-11-16(12-9-14)26-27(6,22)23/h7-12,15H,13H2,1-6H3/b10-7+/t15-/m0/s1. The second-order valence-corrected chi connectivity index (χ2v) is 9.47. The van der Waals surface area contributed by atoms with Crippen molar-refractivity contribution in [1.82, 2.24) is 4.90 Å². The van der Waals surface area contributed by atoms with Crippen molar-refractivity contribution in [3.63, 3.8) is 0 Å². The van der Waals surface area contributed by atoms with Crippen molar-refractivity contribution in [2.24, 2.45) is 0 Å². The SMILES string of the molecule is CC(C)(C)OC(=O)N1[C@@H](/C=C/c2ccc(OS(C)(=O)=O)cc2)COC1(C)C. The van der Waals surface area contributed by atoms with Crippen LogP contribution < -0.4 is 4.18 Å². The third-order valence-corrected chi connectivity index (χ3v) is 4.24. The molecule has 0 spiro atoms. The number of hydrogen-bond donors (Lipinski definition) is 0. The van der Waals surface area contributed by atoms with E-state index < -0.39 is 27.5 Å². The van der Waals surface area contributed by atoms with Gasteiger partial charge in [-0.2, -0.15) is 8.42 Å². The molecule has 0 bridgehead atoms. The summed E-state index contributed by atoms with van der Waals surface area (Å²) in [7, 11) is -3.55. The smallest absolute Gasteiger partial charge is 0.413 e. The topological polar surface area (TPSA) is 82.1 Å². The van der Waals surface area contributed by atoms with Gasteiger partial charge in [-0.05, 0) is 52.3 Å². The zero-order valence-corrected chi connectivity index (χ0v) is 17.4. The lowest BCUT2D eigenvalue weighted by molar-refractivity contribution is -0.0610. The fourth-order valence-corrected chi connectivity index (χ4v) is 3.13. The molecule has 1 aliphatic rings. The summed E-state index contributed by atoms with van der Waals surface area (Å²) in [6.45, 7) is 9.46. The molecule has 1 fully saturated rings. The van der Waals surface area contributed by atoms with Crippen LogP contribution >= 0.6 is 0 Å². The van der Waals surface area contributed by atoms with Crippen LogP contribution in [0.15, 0.2) is 30.3 Å². The molecule has 1 atom stereocenters. The summed E-state index contributed by atoms with van der Waals surface area (Å²) >= 11 is 0. The predicted octanol–water partition coefficient (Wildman–Crippen LogP) is 3.41. The molecule has 27 heavy (non-hydrogen) atoms. The van der Waals surface area contributed by atoms with Crippen LogP contribution in [0.3, 0.4) is 0 Å². The highest BCUT2D eigenvalue weighted by Crippen LogP contribution is 2.30. The first-order chi connectivity index (χ1) is 12.3. The van der Waals surface area contributed by atoms with Crippen LogP contribution in [0.1, 0.15) is 40.2 Å².